The van der Waals surface area contributed by atoms with E-state index >= 15 is 0 Å². The minimum Gasteiger partial charge on any atom is -0.381 e. The van der Waals surface area contributed by atoms with Crippen LogP contribution >= 0.6 is 11.6 Å². The third kappa shape index (κ3) is 1.63. The van der Waals surface area contributed by atoms with E-state index in [1.54, 1.807) is 7.05 Å². The summed E-state index contributed by atoms with van der Waals surface area (Å²) < 4.78 is 27.6. The summed E-state index contributed by atoms with van der Waals surface area (Å²) in [4.78, 5) is 0. The van der Waals surface area contributed by atoms with Crippen LogP contribution in [-0.2, 0) is 7.05 Å². The molecule has 16 heavy (non-hydrogen) atoms. The van der Waals surface area contributed by atoms with Gasteiger partial charge >= 0.3 is 0 Å². The summed E-state index contributed by atoms with van der Waals surface area (Å²) in [5.41, 5.74) is 5.99. The predicted molar refractivity (Wildman–Crippen MR) is 58.0 cm³/mol. The van der Waals surface area contributed by atoms with E-state index in [2.05, 4.69) is 5.10 Å². The van der Waals surface area contributed by atoms with Gasteiger partial charge in [0, 0.05) is 18.7 Å². The number of aromatic nitrogens is 2. The molecule has 0 amide bonds. The fourth-order valence-corrected chi connectivity index (χ4v) is 1.75. The van der Waals surface area contributed by atoms with Gasteiger partial charge in [-0.15, -0.1) is 0 Å². The second-order valence-corrected chi connectivity index (χ2v) is 3.67. The van der Waals surface area contributed by atoms with E-state index in [1.165, 1.54) is 10.7 Å². The van der Waals surface area contributed by atoms with Crippen molar-refractivity contribution in [1.29, 1.82) is 0 Å². The molecule has 0 atom stereocenters. The summed E-state index contributed by atoms with van der Waals surface area (Å²) >= 11 is 5.89. The predicted octanol–water partition coefficient (Wildman–Crippen LogP) is 2.60. The molecule has 1 aromatic carbocycles. The standard InChI is InChI=1S/C10H8ClF2N3/c1-16-9(8(11)10(14)15-16)6-3-2-5(12)4-7(6)13/h2-4H,1H3,(H2,14,15). The molecule has 2 aromatic rings. The van der Waals surface area contributed by atoms with Crippen LogP contribution in [0.15, 0.2) is 18.2 Å². The molecule has 1 aromatic heterocycles. The molecule has 0 aliphatic heterocycles. The number of aryl methyl sites for hydroxylation is 1. The number of halogens is 3. The van der Waals surface area contributed by atoms with Gasteiger partial charge in [-0.1, -0.05) is 11.6 Å². The molecule has 1 heterocycles. The van der Waals surface area contributed by atoms with Gasteiger partial charge in [0.25, 0.3) is 0 Å². The van der Waals surface area contributed by atoms with Gasteiger partial charge in [-0.2, -0.15) is 5.10 Å². The lowest BCUT2D eigenvalue weighted by atomic mass is 10.1. The van der Waals surface area contributed by atoms with E-state index in [0.29, 0.717) is 5.69 Å². The quantitative estimate of drug-likeness (QED) is 0.837. The molecule has 0 aliphatic carbocycles. The van der Waals surface area contributed by atoms with Crippen LogP contribution in [0.2, 0.25) is 5.02 Å². The molecule has 2 rings (SSSR count). The van der Waals surface area contributed by atoms with Crippen LogP contribution in [0.5, 0.6) is 0 Å². The third-order valence-corrected chi connectivity index (χ3v) is 2.57. The minimum absolute atomic E-state index is 0.114. The Kier molecular flexibility index (Phi) is 2.55. The summed E-state index contributed by atoms with van der Waals surface area (Å²) in [5.74, 6) is -1.24. The maximum atomic E-state index is 13.5. The Labute approximate surface area is 95.4 Å². The van der Waals surface area contributed by atoms with Crippen molar-refractivity contribution < 1.29 is 8.78 Å². The molecule has 0 fully saturated rings. The summed E-state index contributed by atoms with van der Waals surface area (Å²) in [7, 11) is 1.58. The number of anilines is 1. The van der Waals surface area contributed by atoms with E-state index in [4.69, 9.17) is 17.3 Å². The second-order valence-electron chi connectivity index (χ2n) is 3.30. The minimum atomic E-state index is -0.704. The van der Waals surface area contributed by atoms with Crippen molar-refractivity contribution >= 4 is 17.4 Å². The molecule has 84 valence electrons. The molecular formula is C10H8ClF2N3. The number of rotatable bonds is 1. The fourth-order valence-electron chi connectivity index (χ4n) is 1.49. The first-order valence-corrected chi connectivity index (χ1v) is 4.82. The molecule has 0 radical (unpaired) electrons. The third-order valence-electron chi connectivity index (χ3n) is 2.20. The second kappa shape index (κ2) is 3.75. The smallest absolute Gasteiger partial charge is 0.164 e. The maximum Gasteiger partial charge on any atom is 0.164 e. The number of nitrogen functional groups attached to an aromatic ring is 1. The van der Waals surface area contributed by atoms with Gasteiger partial charge in [0.2, 0.25) is 0 Å². The normalized spacial score (nSPS) is 10.8. The van der Waals surface area contributed by atoms with Crippen LogP contribution in [0.3, 0.4) is 0 Å². The van der Waals surface area contributed by atoms with Gasteiger partial charge in [0.15, 0.2) is 5.82 Å². The zero-order valence-electron chi connectivity index (χ0n) is 8.34. The van der Waals surface area contributed by atoms with E-state index in [-0.39, 0.29) is 16.4 Å². The molecule has 0 spiro atoms. The SMILES string of the molecule is Cn1nc(N)c(Cl)c1-c1ccc(F)cc1F. The largest absolute Gasteiger partial charge is 0.381 e. The lowest BCUT2D eigenvalue weighted by Gasteiger charge is -2.04. The number of nitrogens with zero attached hydrogens (tertiary/aromatic N) is 2. The fraction of sp³-hybridized carbons (Fsp3) is 0.100. The van der Waals surface area contributed by atoms with Crippen molar-refractivity contribution in [3.8, 4) is 11.3 Å². The van der Waals surface area contributed by atoms with Crippen molar-refractivity contribution in [1.82, 2.24) is 9.78 Å². The van der Waals surface area contributed by atoms with Crippen LogP contribution in [-0.4, -0.2) is 9.78 Å². The van der Waals surface area contributed by atoms with Gasteiger partial charge in [0.05, 0.1) is 5.69 Å². The Balaban J connectivity index is 2.67. The monoisotopic (exact) mass is 243 g/mol. The Morgan fingerprint density at radius 3 is 2.56 bits per heavy atom. The van der Waals surface area contributed by atoms with Crippen LogP contribution in [0.1, 0.15) is 0 Å². The van der Waals surface area contributed by atoms with Crippen molar-refractivity contribution in [2.75, 3.05) is 5.73 Å². The van der Waals surface area contributed by atoms with Gasteiger partial charge < -0.3 is 5.73 Å². The maximum absolute atomic E-state index is 13.5. The van der Waals surface area contributed by atoms with Gasteiger partial charge in [-0.05, 0) is 12.1 Å². The number of benzene rings is 1. The average Bonchev–Trinajstić information content (AvgIpc) is 2.43. The topological polar surface area (TPSA) is 43.8 Å². The van der Waals surface area contributed by atoms with Crippen molar-refractivity contribution in [3.05, 3.63) is 34.9 Å². The first-order valence-electron chi connectivity index (χ1n) is 4.44. The van der Waals surface area contributed by atoms with Crippen LogP contribution in [0.25, 0.3) is 11.3 Å². The van der Waals surface area contributed by atoms with Gasteiger partial charge in [0.1, 0.15) is 16.7 Å². The lowest BCUT2D eigenvalue weighted by molar-refractivity contribution is 0.584. The zero-order chi connectivity index (χ0) is 11.9. The van der Waals surface area contributed by atoms with E-state index in [1.807, 2.05) is 0 Å². The Bertz CT molecular complexity index is 551. The van der Waals surface area contributed by atoms with Crippen molar-refractivity contribution in [2.45, 2.75) is 0 Å². The number of hydrogen-bond acceptors (Lipinski definition) is 2. The highest BCUT2D eigenvalue weighted by Crippen LogP contribution is 2.33. The van der Waals surface area contributed by atoms with Crippen LogP contribution in [0, 0.1) is 11.6 Å². The van der Waals surface area contributed by atoms with Crippen LogP contribution < -0.4 is 5.73 Å². The molecule has 6 heteroatoms. The first-order chi connectivity index (χ1) is 7.50. The van der Waals surface area contributed by atoms with Crippen molar-refractivity contribution in [2.24, 2.45) is 7.05 Å². The summed E-state index contributed by atoms with van der Waals surface area (Å²) in [6.07, 6.45) is 0. The highest BCUT2D eigenvalue weighted by atomic mass is 35.5. The summed E-state index contributed by atoms with van der Waals surface area (Å²) in [5, 5.41) is 4.01. The van der Waals surface area contributed by atoms with Gasteiger partial charge in [-0.3, -0.25) is 4.68 Å². The Morgan fingerprint density at radius 1 is 1.38 bits per heavy atom. The van der Waals surface area contributed by atoms with Crippen molar-refractivity contribution in [3.63, 3.8) is 0 Å². The van der Waals surface area contributed by atoms with E-state index in [0.717, 1.165) is 12.1 Å². The average molecular weight is 244 g/mol. The molecule has 3 nitrogen and oxygen atoms in total. The summed E-state index contributed by atoms with van der Waals surface area (Å²) in [6, 6.07) is 3.24. The number of hydrogen-bond donors (Lipinski definition) is 1. The number of nitrogens with two attached hydrogens (primary N) is 1. The van der Waals surface area contributed by atoms with E-state index < -0.39 is 11.6 Å². The van der Waals surface area contributed by atoms with Crippen LogP contribution in [0.4, 0.5) is 14.6 Å². The van der Waals surface area contributed by atoms with Gasteiger partial charge in [-0.25, -0.2) is 8.78 Å². The molecule has 0 unspecified atom stereocenters. The molecule has 0 saturated carbocycles. The molecule has 0 bridgehead atoms. The highest BCUT2D eigenvalue weighted by Gasteiger charge is 2.17. The molecule has 2 N–H and O–H groups in total. The lowest BCUT2D eigenvalue weighted by Crippen LogP contribution is -1.96. The highest BCUT2D eigenvalue weighted by molar-refractivity contribution is 6.35. The van der Waals surface area contributed by atoms with E-state index in [9.17, 15) is 8.78 Å². The Morgan fingerprint density at radius 2 is 2.06 bits per heavy atom. The molecular weight excluding hydrogens is 236 g/mol. The Hall–Kier alpha value is -1.62. The molecule has 0 aliphatic rings. The first kappa shape index (κ1) is 10.9. The summed E-state index contributed by atoms with van der Waals surface area (Å²) in [6.45, 7) is 0. The molecule has 0 saturated heterocycles. The zero-order valence-corrected chi connectivity index (χ0v) is 9.09.